The highest BCUT2D eigenvalue weighted by atomic mass is 16.4. The first-order chi connectivity index (χ1) is 14.7. The Hall–Kier alpha value is -0.610. The second-order valence-electron chi connectivity index (χ2n) is 8.79. The van der Waals surface area contributed by atoms with Crippen LogP contribution in [0.4, 0.5) is 0 Å². The first-order valence-electron chi connectivity index (χ1n) is 13.3. The third-order valence-corrected chi connectivity index (χ3v) is 5.66. The number of hydrogen-bond donors (Lipinski definition) is 3. The fourth-order valence-corrected chi connectivity index (χ4v) is 3.71. The van der Waals surface area contributed by atoms with Crippen molar-refractivity contribution in [1.29, 1.82) is 0 Å². The number of carbonyl (C=O) groups is 1. The van der Waals surface area contributed by atoms with Crippen molar-refractivity contribution in [3.8, 4) is 0 Å². The Labute approximate surface area is 189 Å². The lowest BCUT2D eigenvalue weighted by Gasteiger charge is -2.04. The van der Waals surface area contributed by atoms with Gasteiger partial charge in [0, 0.05) is 19.5 Å². The molecule has 182 valence electrons. The summed E-state index contributed by atoms with van der Waals surface area (Å²) >= 11 is 0. The van der Waals surface area contributed by atoms with Crippen LogP contribution in [0, 0.1) is 0 Å². The van der Waals surface area contributed by atoms with Gasteiger partial charge in [0.05, 0.1) is 0 Å². The summed E-state index contributed by atoms with van der Waals surface area (Å²) in [6.07, 6.45) is 29.1. The summed E-state index contributed by atoms with van der Waals surface area (Å²) in [7, 11) is 0. The van der Waals surface area contributed by atoms with Crippen LogP contribution in [0.2, 0.25) is 0 Å². The number of nitrogens with two attached hydrogens (primary N) is 2. The highest BCUT2D eigenvalue weighted by Crippen LogP contribution is 2.15. The molecule has 0 aromatic heterocycles. The van der Waals surface area contributed by atoms with Gasteiger partial charge < -0.3 is 16.6 Å². The van der Waals surface area contributed by atoms with E-state index < -0.39 is 5.97 Å². The molecule has 0 fully saturated rings. The van der Waals surface area contributed by atoms with E-state index in [0.29, 0.717) is 19.5 Å². The van der Waals surface area contributed by atoms with E-state index in [4.69, 9.17) is 16.6 Å². The molecular formula is C26H56N2O2. The number of aliphatic carboxylic acids is 1. The molecule has 0 amide bonds. The SMILES string of the molecule is CCCCCCCCCCCCCCCCCCCCCCCC(=O)O.NCCN. The smallest absolute Gasteiger partial charge is 0.303 e. The Morgan fingerprint density at radius 3 is 0.933 bits per heavy atom. The summed E-state index contributed by atoms with van der Waals surface area (Å²) in [5.41, 5.74) is 9.81. The van der Waals surface area contributed by atoms with E-state index in [9.17, 15) is 4.79 Å². The van der Waals surface area contributed by atoms with Gasteiger partial charge in [-0.05, 0) is 6.42 Å². The van der Waals surface area contributed by atoms with Gasteiger partial charge in [-0.3, -0.25) is 4.79 Å². The van der Waals surface area contributed by atoms with Crippen molar-refractivity contribution >= 4 is 5.97 Å². The fourth-order valence-electron chi connectivity index (χ4n) is 3.71. The van der Waals surface area contributed by atoms with Crippen LogP contribution in [0.25, 0.3) is 0 Å². The molecule has 0 heterocycles. The predicted octanol–water partition coefficient (Wildman–Crippen LogP) is 7.58. The average molecular weight is 429 g/mol. The van der Waals surface area contributed by atoms with Gasteiger partial charge in [-0.2, -0.15) is 0 Å². The maximum atomic E-state index is 10.4. The zero-order valence-corrected chi connectivity index (χ0v) is 20.5. The van der Waals surface area contributed by atoms with Crippen LogP contribution >= 0.6 is 0 Å². The van der Waals surface area contributed by atoms with Gasteiger partial charge in [0.15, 0.2) is 0 Å². The average Bonchev–Trinajstić information content (AvgIpc) is 2.74. The summed E-state index contributed by atoms with van der Waals surface area (Å²) in [5.74, 6) is -0.650. The zero-order chi connectivity index (χ0) is 22.5. The molecule has 0 saturated carbocycles. The molecule has 0 bridgehead atoms. The molecule has 0 aliphatic rings. The monoisotopic (exact) mass is 428 g/mol. The number of carboxylic acids is 1. The molecule has 0 atom stereocenters. The van der Waals surface area contributed by atoms with Crippen molar-refractivity contribution in [2.45, 2.75) is 148 Å². The van der Waals surface area contributed by atoms with Gasteiger partial charge in [-0.1, -0.05) is 135 Å². The molecule has 0 radical (unpaired) electrons. The second kappa shape index (κ2) is 30.6. The van der Waals surface area contributed by atoms with Crippen LogP contribution in [0.1, 0.15) is 148 Å². The van der Waals surface area contributed by atoms with E-state index in [0.717, 1.165) is 12.8 Å². The van der Waals surface area contributed by atoms with Crippen molar-refractivity contribution in [1.82, 2.24) is 0 Å². The molecule has 0 aromatic carbocycles. The molecular weight excluding hydrogens is 372 g/mol. The highest BCUT2D eigenvalue weighted by Gasteiger charge is 1.97. The first kappa shape index (κ1) is 31.6. The first-order valence-corrected chi connectivity index (χ1v) is 13.3. The Morgan fingerprint density at radius 1 is 0.500 bits per heavy atom. The molecule has 0 aliphatic heterocycles. The van der Waals surface area contributed by atoms with Crippen LogP contribution in [-0.2, 0) is 4.79 Å². The summed E-state index contributed by atoms with van der Waals surface area (Å²) in [6.45, 7) is 3.48. The van der Waals surface area contributed by atoms with Crippen LogP contribution in [0.5, 0.6) is 0 Å². The molecule has 0 aliphatic carbocycles. The molecule has 30 heavy (non-hydrogen) atoms. The normalized spacial score (nSPS) is 10.6. The predicted molar refractivity (Wildman–Crippen MR) is 133 cm³/mol. The van der Waals surface area contributed by atoms with E-state index in [2.05, 4.69) is 6.92 Å². The number of unbranched alkanes of at least 4 members (excludes halogenated alkanes) is 20. The third-order valence-electron chi connectivity index (χ3n) is 5.66. The molecule has 0 spiro atoms. The minimum atomic E-state index is -0.650. The Kier molecular flexibility index (Phi) is 32.2. The highest BCUT2D eigenvalue weighted by molar-refractivity contribution is 5.66. The maximum Gasteiger partial charge on any atom is 0.303 e. The standard InChI is InChI=1S/C24H48O2.C2H8N2/c1-2-3-4-5-6-7-8-9-10-11-12-13-14-15-16-17-18-19-20-21-22-23-24(25)26;3-1-2-4/h2-23H2,1H3,(H,25,26);1-4H2. The molecule has 4 heteroatoms. The van der Waals surface area contributed by atoms with Gasteiger partial charge in [0.2, 0.25) is 0 Å². The number of rotatable bonds is 23. The van der Waals surface area contributed by atoms with Crippen LogP contribution in [-0.4, -0.2) is 24.2 Å². The Morgan fingerprint density at radius 2 is 0.733 bits per heavy atom. The maximum absolute atomic E-state index is 10.4. The van der Waals surface area contributed by atoms with Crippen molar-refractivity contribution in [2.24, 2.45) is 11.5 Å². The van der Waals surface area contributed by atoms with Gasteiger partial charge >= 0.3 is 5.97 Å². The van der Waals surface area contributed by atoms with Crippen LogP contribution in [0.15, 0.2) is 0 Å². The third kappa shape index (κ3) is 34.9. The molecule has 0 saturated heterocycles. The minimum Gasteiger partial charge on any atom is -0.481 e. The van der Waals surface area contributed by atoms with E-state index >= 15 is 0 Å². The van der Waals surface area contributed by atoms with Gasteiger partial charge in [0.25, 0.3) is 0 Å². The van der Waals surface area contributed by atoms with E-state index in [1.165, 1.54) is 122 Å². The molecule has 0 unspecified atom stereocenters. The van der Waals surface area contributed by atoms with Crippen LogP contribution in [0.3, 0.4) is 0 Å². The van der Waals surface area contributed by atoms with Crippen molar-refractivity contribution in [2.75, 3.05) is 13.1 Å². The van der Waals surface area contributed by atoms with Crippen LogP contribution < -0.4 is 11.5 Å². The number of hydrogen-bond acceptors (Lipinski definition) is 3. The summed E-state index contributed by atoms with van der Waals surface area (Å²) in [6, 6.07) is 0. The second-order valence-corrected chi connectivity index (χ2v) is 8.79. The topological polar surface area (TPSA) is 89.3 Å². The lowest BCUT2D eigenvalue weighted by Crippen LogP contribution is -2.11. The van der Waals surface area contributed by atoms with E-state index in [-0.39, 0.29) is 0 Å². The summed E-state index contributed by atoms with van der Waals surface area (Å²) < 4.78 is 0. The Balaban J connectivity index is 0. The Bertz CT molecular complexity index is 309. The van der Waals surface area contributed by atoms with Gasteiger partial charge in [-0.15, -0.1) is 0 Å². The summed E-state index contributed by atoms with van der Waals surface area (Å²) in [5, 5.41) is 8.57. The van der Waals surface area contributed by atoms with Gasteiger partial charge in [-0.25, -0.2) is 0 Å². The lowest BCUT2D eigenvalue weighted by molar-refractivity contribution is -0.137. The quantitative estimate of drug-likeness (QED) is 0.146. The molecule has 4 nitrogen and oxygen atoms in total. The van der Waals surface area contributed by atoms with Gasteiger partial charge in [0.1, 0.15) is 0 Å². The molecule has 5 N–H and O–H groups in total. The van der Waals surface area contributed by atoms with Crippen molar-refractivity contribution in [3.05, 3.63) is 0 Å². The molecule has 0 rings (SSSR count). The number of carboxylic acid groups (broad SMARTS) is 1. The summed E-state index contributed by atoms with van der Waals surface area (Å²) in [4.78, 5) is 10.4. The lowest BCUT2D eigenvalue weighted by atomic mass is 10.0. The zero-order valence-electron chi connectivity index (χ0n) is 20.5. The fraction of sp³-hybridized carbons (Fsp3) is 0.962. The van der Waals surface area contributed by atoms with E-state index in [1.807, 2.05) is 0 Å². The van der Waals surface area contributed by atoms with Crippen molar-refractivity contribution < 1.29 is 9.90 Å². The largest absolute Gasteiger partial charge is 0.481 e. The molecule has 0 aromatic rings. The van der Waals surface area contributed by atoms with E-state index in [1.54, 1.807) is 0 Å². The van der Waals surface area contributed by atoms with Crippen molar-refractivity contribution in [3.63, 3.8) is 0 Å². The minimum absolute atomic E-state index is 0.346.